The molecule has 0 bridgehead atoms. The molecular weight excluding hydrogens is 405 g/mol. The van der Waals surface area contributed by atoms with Gasteiger partial charge in [-0.1, -0.05) is 111 Å². The molecule has 1 aromatic heterocycles. The first-order valence-corrected chi connectivity index (χ1v) is 11.2. The minimum atomic E-state index is -0.308. The third-order valence-electron chi connectivity index (χ3n) is 6.14. The van der Waals surface area contributed by atoms with E-state index in [1.165, 1.54) is 0 Å². The van der Waals surface area contributed by atoms with Crippen molar-refractivity contribution in [3.8, 4) is 34.2 Å². The lowest BCUT2D eigenvalue weighted by atomic mass is 9.76. The number of aromatic nitrogens is 3. The molecule has 4 rings (SSSR count). The summed E-state index contributed by atoms with van der Waals surface area (Å²) in [5.74, 6) is 1.94. The molecule has 0 saturated carbocycles. The lowest BCUT2D eigenvalue weighted by Crippen LogP contribution is -2.42. The van der Waals surface area contributed by atoms with Crippen molar-refractivity contribution in [1.29, 1.82) is 0 Å². The molecule has 0 fully saturated rings. The van der Waals surface area contributed by atoms with Crippen molar-refractivity contribution < 1.29 is 4.65 Å². The highest BCUT2D eigenvalue weighted by Crippen LogP contribution is 2.32. The highest BCUT2D eigenvalue weighted by atomic mass is 16.5. The fourth-order valence-electron chi connectivity index (χ4n) is 3.08. The second-order valence-electron chi connectivity index (χ2n) is 9.66. The molecule has 0 atom stereocenters. The van der Waals surface area contributed by atoms with Crippen LogP contribution in [0, 0.1) is 5.41 Å². The molecular formula is C28H29BN3O. The van der Waals surface area contributed by atoms with Gasteiger partial charge < -0.3 is 4.65 Å². The third kappa shape index (κ3) is 5.37. The Balaban J connectivity index is 1.72. The fourth-order valence-corrected chi connectivity index (χ4v) is 3.08. The second-order valence-corrected chi connectivity index (χ2v) is 9.66. The van der Waals surface area contributed by atoms with E-state index in [2.05, 4.69) is 40.7 Å². The van der Waals surface area contributed by atoms with Crippen molar-refractivity contribution in [2.45, 2.75) is 40.2 Å². The van der Waals surface area contributed by atoms with E-state index in [4.69, 9.17) is 19.6 Å². The molecule has 0 aliphatic heterocycles. The molecule has 4 nitrogen and oxygen atoms in total. The van der Waals surface area contributed by atoms with E-state index >= 15 is 0 Å². The first kappa shape index (κ1) is 22.9. The van der Waals surface area contributed by atoms with E-state index < -0.39 is 0 Å². The van der Waals surface area contributed by atoms with E-state index in [1.807, 2.05) is 86.3 Å². The summed E-state index contributed by atoms with van der Waals surface area (Å²) < 4.78 is 6.18. The third-order valence-corrected chi connectivity index (χ3v) is 6.14. The topological polar surface area (TPSA) is 47.9 Å². The molecule has 0 saturated heterocycles. The smallest absolute Gasteiger partial charge is 0.330 e. The lowest BCUT2D eigenvalue weighted by Gasteiger charge is -2.39. The van der Waals surface area contributed by atoms with E-state index in [0.29, 0.717) is 17.5 Å². The van der Waals surface area contributed by atoms with Crippen molar-refractivity contribution in [1.82, 2.24) is 15.0 Å². The summed E-state index contributed by atoms with van der Waals surface area (Å²) in [7, 11) is 1.83. The molecule has 0 amide bonds. The maximum atomic E-state index is 6.18. The molecule has 3 aromatic carbocycles. The minimum absolute atomic E-state index is 0.00446. The SMILES string of the molecule is CC(C)(C)C(C)(C)O[B]c1cccc(-c2nc(-c3ccccc3)nc(-c3ccccc3)n2)c1. The van der Waals surface area contributed by atoms with Crippen LogP contribution in [0.15, 0.2) is 84.9 Å². The van der Waals surface area contributed by atoms with Crippen LogP contribution in [0.4, 0.5) is 0 Å². The fraction of sp³-hybridized carbons (Fsp3) is 0.250. The summed E-state index contributed by atoms with van der Waals surface area (Å²) in [4.78, 5) is 14.4. The van der Waals surface area contributed by atoms with Crippen LogP contribution in [-0.4, -0.2) is 28.0 Å². The second kappa shape index (κ2) is 9.28. The Bertz CT molecular complexity index is 1160. The van der Waals surface area contributed by atoms with Crippen molar-refractivity contribution in [3.05, 3.63) is 84.9 Å². The molecule has 0 N–H and O–H groups in total. The van der Waals surface area contributed by atoms with Gasteiger partial charge in [0.1, 0.15) is 0 Å². The summed E-state index contributed by atoms with van der Waals surface area (Å²) in [6.45, 7) is 10.8. The number of benzene rings is 3. The van der Waals surface area contributed by atoms with Crippen LogP contribution in [0.3, 0.4) is 0 Å². The maximum absolute atomic E-state index is 6.18. The minimum Gasteiger partial charge on any atom is -0.429 e. The Morgan fingerprint density at radius 1 is 0.576 bits per heavy atom. The van der Waals surface area contributed by atoms with Gasteiger partial charge in [-0.05, 0) is 19.3 Å². The molecule has 0 aliphatic carbocycles. The zero-order valence-corrected chi connectivity index (χ0v) is 19.9. The Kier molecular flexibility index (Phi) is 6.43. The first-order valence-electron chi connectivity index (χ1n) is 11.2. The van der Waals surface area contributed by atoms with Gasteiger partial charge in [-0.3, -0.25) is 0 Å². The molecule has 1 radical (unpaired) electrons. The molecule has 1 heterocycles. The number of hydrogen-bond acceptors (Lipinski definition) is 4. The average Bonchev–Trinajstić information content (AvgIpc) is 2.83. The van der Waals surface area contributed by atoms with Crippen LogP contribution >= 0.6 is 0 Å². The summed E-state index contributed by atoms with van der Waals surface area (Å²) in [5, 5.41) is 0. The maximum Gasteiger partial charge on any atom is 0.330 e. The van der Waals surface area contributed by atoms with Crippen molar-refractivity contribution in [2.75, 3.05) is 0 Å². The van der Waals surface area contributed by atoms with Crippen LogP contribution < -0.4 is 5.46 Å². The van der Waals surface area contributed by atoms with Gasteiger partial charge in [0.25, 0.3) is 0 Å². The Hall–Kier alpha value is -3.31. The van der Waals surface area contributed by atoms with Crippen LogP contribution in [-0.2, 0) is 4.65 Å². The van der Waals surface area contributed by atoms with Gasteiger partial charge in [0, 0.05) is 16.7 Å². The van der Waals surface area contributed by atoms with Crippen molar-refractivity contribution in [3.63, 3.8) is 0 Å². The van der Waals surface area contributed by atoms with E-state index in [0.717, 1.165) is 22.2 Å². The van der Waals surface area contributed by atoms with Crippen LogP contribution in [0.25, 0.3) is 34.2 Å². The van der Waals surface area contributed by atoms with Crippen molar-refractivity contribution >= 4 is 12.9 Å². The van der Waals surface area contributed by atoms with Crippen LogP contribution in [0.2, 0.25) is 0 Å². The number of hydrogen-bond donors (Lipinski definition) is 0. The molecule has 165 valence electrons. The van der Waals surface area contributed by atoms with Crippen LogP contribution in [0.1, 0.15) is 34.6 Å². The summed E-state index contributed by atoms with van der Waals surface area (Å²) in [6.07, 6.45) is 0. The monoisotopic (exact) mass is 434 g/mol. The van der Waals surface area contributed by atoms with Crippen LogP contribution in [0.5, 0.6) is 0 Å². The highest BCUT2D eigenvalue weighted by molar-refractivity contribution is 6.47. The largest absolute Gasteiger partial charge is 0.429 e. The van der Waals surface area contributed by atoms with Gasteiger partial charge in [0.15, 0.2) is 17.5 Å². The Morgan fingerprint density at radius 2 is 1.03 bits per heavy atom. The lowest BCUT2D eigenvalue weighted by molar-refractivity contribution is 0.00504. The number of nitrogens with zero attached hydrogens (tertiary/aromatic N) is 3. The summed E-state index contributed by atoms with van der Waals surface area (Å²) in [5.41, 5.74) is 3.49. The Morgan fingerprint density at radius 3 is 1.52 bits per heavy atom. The van der Waals surface area contributed by atoms with E-state index in [-0.39, 0.29) is 11.0 Å². The summed E-state index contributed by atoms with van der Waals surface area (Å²) >= 11 is 0. The highest BCUT2D eigenvalue weighted by Gasteiger charge is 2.33. The Labute approximate surface area is 197 Å². The van der Waals surface area contributed by atoms with E-state index in [1.54, 1.807) is 0 Å². The first-order chi connectivity index (χ1) is 15.7. The number of rotatable bonds is 6. The standard InChI is InChI=1S/C28H29BN3O/c1-27(2,3)28(4,5)33-29-23-18-12-17-22(19-23)26-31-24(20-13-8-6-9-14-20)30-25(32-26)21-15-10-7-11-16-21/h6-19H,1-5H3. The average molecular weight is 434 g/mol. The molecule has 0 spiro atoms. The van der Waals surface area contributed by atoms with Gasteiger partial charge in [-0.2, -0.15) is 0 Å². The summed E-state index contributed by atoms with van der Waals surface area (Å²) in [6, 6.07) is 28.1. The molecule has 0 aliphatic rings. The quantitative estimate of drug-likeness (QED) is 0.352. The van der Waals surface area contributed by atoms with Gasteiger partial charge in [-0.15, -0.1) is 0 Å². The normalized spacial score (nSPS) is 11.9. The van der Waals surface area contributed by atoms with Gasteiger partial charge in [-0.25, -0.2) is 15.0 Å². The zero-order chi connectivity index (χ0) is 23.5. The van der Waals surface area contributed by atoms with Crippen molar-refractivity contribution in [2.24, 2.45) is 5.41 Å². The van der Waals surface area contributed by atoms with Gasteiger partial charge >= 0.3 is 7.48 Å². The van der Waals surface area contributed by atoms with E-state index in [9.17, 15) is 0 Å². The van der Waals surface area contributed by atoms with Gasteiger partial charge in [0.05, 0.1) is 5.60 Å². The van der Waals surface area contributed by atoms with Gasteiger partial charge in [0.2, 0.25) is 0 Å². The molecule has 33 heavy (non-hydrogen) atoms. The predicted octanol–water partition coefficient (Wildman–Crippen LogP) is 5.96. The molecule has 4 aromatic rings. The predicted molar refractivity (Wildman–Crippen MR) is 136 cm³/mol. The molecule has 5 heteroatoms. The molecule has 0 unspecified atom stereocenters. The zero-order valence-electron chi connectivity index (χ0n) is 19.9.